The molecule has 0 rings (SSSR count). The van der Waals surface area contributed by atoms with Crippen LogP contribution in [0, 0.1) is 0 Å². The van der Waals surface area contributed by atoms with Gasteiger partial charge in [0.05, 0.1) is 6.54 Å². The Morgan fingerprint density at radius 2 is 1.92 bits per heavy atom. The lowest BCUT2D eigenvalue weighted by atomic mass is 10.4. The molecule has 0 amide bonds. The Balaban J connectivity index is 0. The smallest absolute Gasteiger partial charge is 0.143 e. The molecular formula is C9H21NOS2. The van der Waals surface area contributed by atoms with Crippen molar-refractivity contribution in [1.29, 1.82) is 0 Å². The Morgan fingerprint density at radius 3 is 2.31 bits per heavy atom. The van der Waals surface area contributed by atoms with Gasteiger partial charge in [-0.15, -0.1) is 0 Å². The van der Waals surface area contributed by atoms with Gasteiger partial charge in [0.25, 0.3) is 0 Å². The molecule has 13 heavy (non-hydrogen) atoms. The van der Waals surface area contributed by atoms with E-state index in [0.29, 0.717) is 6.54 Å². The van der Waals surface area contributed by atoms with Gasteiger partial charge in [0.1, 0.15) is 5.78 Å². The Hall–Kier alpha value is 0.330. The number of hydrogen-bond donors (Lipinski definition) is 0. The first kappa shape index (κ1) is 15.8. The third kappa shape index (κ3) is 15.1. The number of rotatable bonds is 6. The Kier molecular flexibility index (Phi) is 15.0. The topological polar surface area (TPSA) is 20.3 Å². The van der Waals surface area contributed by atoms with Crippen LogP contribution >= 0.6 is 21.6 Å². The van der Waals surface area contributed by atoms with E-state index >= 15 is 0 Å². The first-order valence-corrected chi connectivity index (χ1v) is 7.23. The van der Waals surface area contributed by atoms with Crippen LogP contribution in [-0.2, 0) is 4.79 Å². The van der Waals surface area contributed by atoms with Crippen LogP contribution in [0.4, 0.5) is 0 Å². The highest BCUT2D eigenvalue weighted by atomic mass is 33.1. The summed E-state index contributed by atoms with van der Waals surface area (Å²) >= 11 is 0. The second kappa shape index (κ2) is 12.3. The van der Waals surface area contributed by atoms with Gasteiger partial charge >= 0.3 is 0 Å². The van der Waals surface area contributed by atoms with Crippen LogP contribution in [0.2, 0.25) is 0 Å². The van der Waals surface area contributed by atoms with Crippen molar-refractivity contribution >= 4 is 27.4 Å². The van der Waals surface area contributed by atoms with E-state index in [-0.39, 0.29) is 5.78 Å². The van der Waals surface area contributed by atoms with E-state index in [9.17, 15) is 4.79 Å². The molecule has 0 aliphatic heterocycles. The van der Waals surface area contributed by atoms with Gasteiger partial charge < -0.3 is 0 Å². The van der Waals surface area contributed by atoms with Crippen LogP contribution in [-0.4, -0.2) is 42.8 Å². The highest BCUT2D eigenvalue weighted by Crippen LogP contribution is 2.15. The van der Waals surface area contributed by atoms with E-state index in [1.54, 1.807) is 17.7 Å². The summed E-state index contributed by atoms with van der Waals surface area (Å²) in [5.74, 6) is 1.33. The molecule has 0 aliphatic carbocycles. The van der Waals surface area contributed by atoms with E-state index in [1.807, 2.05) is 36.6 Å². The highest BCUT2D eigenvalue weighted by molar-refractivity contribution is 8.76. The number of Topliss-reactive ketones (excluding diaryl/α,β-unsaturated/α-hetero) is 1. The van der Waals surface area contributed by atoms with Gasteiger partial charge in [-0.05, 0) is 20.2 Å². The summed E-state index contributed by atoms with van der Waals surface area (Å²) in [6, 6.07) is 0. The third-order valence-corrected chi connectivity index (χ3v) is 2.96. The Labute approximate surface area is 90.2 Å². The number of ketones is 1. The number of nitrogens with zero attached hydrogens (tertiary/aromatic N) is 1. The maximum atomic E-state index is 10.6. The Bertz CT molecular complexity index is 120. The van der Waals surface area contributed by atoms with E-state index in [2.05, 4.69) is 6.26 Å². The molecule has 2 nitrogen and oxygen atoms in total. The molecule has 4 heteroatoms. The molecular weight excluding hydrogens is 202 g/mol. The zero-order valence-electron chi connectivity index (χ0n) is 9.29. The van der Waals surface area contributed by atoms with E-state index in [4.69, 9.17) is 0 Å². The molecule has 0 aromatic rings. The van der Waals surface area contributed by atoms with Gasteiger partial charge in [-0.3, -0.25) is 9.69 Å². The van der Waals surface area contributed by atoms with Gasteiger partial charge in [0, 0.05) is 12.3 Å². The number of carbonyl (C=O) groups is 1. The summed E-state index contributed by atoms with van der Waals surface area (Å²) in [4.78, 5) is 12.7. The number of carbonyl (C=O) groups excluding carboxylic acids is 1. The van der Waals surface area contributed by atoms with Gasteiger partial charge in [0.15, 0.2) is 0 Å². The summed E-state index contributed by atoms with van der Waals surface area (Å²) in [7, 11) is 5.57. The molecule has 0 aromatic heterocycles. The molecule has 0 saturated carbocycles. The minimum Gasteiger partial charge on any atom is -0.299 e. The molecule has 0 saturated heterocycles. The molecule has 0 atom stereocenters. The van der Waals surface area contributed by atoms with Gasteiger partial charge in [0.2, 0.25) is 0 Å². The predicted octanol–water partition coefficient (Wildman–Crippen LogP) is 2.54. The lowest BCUT2D eigenvalue weighted by molar-refractivity contribution is -0.117. The largest absolute Gasteiger partial charge is 0.299 e. The zero-order chi connectivity index (χ0) is 10.7. The molecule has 0 aliphatic rings. The van der Waals surface area contributed by atoms with Crippen molar-refractivity contribution in [3.63, 3.8) is 0 Å². The molecule has 0 spiro atoms. The van der Waals surface area contributed by atoms with E-state index in [1.165, 1.54) is 0 Å². The van der Waals surface area contributed by atoms with Crippen molar-refractivity contribution < 1.29 is 4.79 Å². The van der Waals surface area contributed by atoms with Crippen molar-refractivity contribution in [2.75, 3.05) is 32.1 Å². The SMILES string of the molecule is CC.CSSCCN(C)CC(C)=O. The fourth-order valence-corrected chi connectivity index (χ4v) is 2.01. The fourth-order valence-electron chi connectivity index (χ4n) is 0.736. The van der Waals surface area contributed by atoms with Crippen molar-refractivity contribution in [3.05, 3.63) is 0 Å². The maximum absolute atomic E-state index is 10.6. The second-order valence-electron chi connectivity index (χ2n) is 2.43. The van der Waals surface area contributed by atoms with Crippen LogP contribution in [0.5, 0.6) is 0 Å². The van der Waals surface area contributed by atoms with Crippen LogP contribution in [0.25, 0.3) is 0 Å². The molecule has 0 N–H and O–H groups in total. The standard InChI is InChI=1S/C7H15NOS2.C2H6/c1-7(9)6-8(2)4-5-11-10-3;1-2/h4-6H2,1-3H3;1-2H3. The van der Waals surface area contributed by atoms with Crippen LogP contribution in [0.15, 0.2) is 0 Å². The normalized spacial score (nSPS) is 9.38. The molecule has 0 fully saturated rings. The summed E-state index contributed by atoms with van der Waals surface area (Å²) in [6.45, 7) is 7.19. The molecule has 0 bridgehead atoms. The van der Waals surface area contributed by atoms with Gasteiger partial charge in [-0.25, -0.2) is 0 Å². The predicted molar refractivity (Wildman–Crippen MR) is 65.5 cm³/mol. The van der Waals surface area contributed by atoms with Crippen LogP contribution in [0.1, 0.15) is 20.8 Å². The maximum Gasteiger partial charge on any atom is 0.143 e. The van der Waals surface area contributed by atoms with Crippen LogP contribution in [0.3, 0.4) is 0 Å². The van der Waals surface area contributed by atoms with Gasteiger partial charge in [-0.1, -0.05) is 35.4 Å². The monoisotopic (exact) mass is 223 g/mol. The fraction of sp³-hybridized carbons (Fsp3) is 0.889. The lowest BCUT2D eigenvalue weighted by Crippen LogP contribution is -2.26. The summed E-state index contributed by atoms with van der Waals surface area (Å²) < 4.78 is 0. The van der Waals surface area contributed by atoms with Crippen molar-refractivity contribution in [1.82, 2.24) is 4.90 Å². The molecule has 0 aromatic carbocycles. The van der Waals surface area contributed by atoms with E-state index in [0.717, 1.165) is 12.3 Å². The number of likely N-dealkylation sites (N-methyl/N-ethyl adjacent to an activating group) is 1. The minimum absolute atomic E-state index is 0.238. The third-order valence-electron chi connectivity index (χ3n) is 1.17. The molecule has 0 radical (unpaired) electrons. The van der Waals surface area contributed by atoms with Crippen molar-refractivity contribution in [2.24, 2.45) is 0 Å². The Morgan fingerprint density at radius 1 is 1.38 bits per heavy atom. The van der Waals surface area contributed by atoms with Crippen molar-refractivity contribution in [2.45, 2.75) is 20.8 Å². The first-order chi connectivity index (χ1) is 6.16. The first-order valence-electron chi connectivity index (χ1n) is 4.50. The molecule has 0 unspecified atom stereocenters. The van der Waals surface area contributed by atoms with Gasteiger partial charge in [-0.2, -0.15) is 0 Å². The average Bonchev–Trinajstić information content (AvgIpc) is 2.07. The second-order valence-corrected chi connectivity index (χ2v) is 5.11. The summed E-state index contributed by atoms with van der Waals surface area (Å²) in [5.41, 5.74) is 0. The van der Waals surface area contributed by atoms with Crippen LogP contribution < -0.4 is 0 Å². The average molecular weight is 223 g/mol. The highest BCUT2D eigenvalue weighted by Gasteiger charge is 2.00. The van der Waals surface area contributed by atoms with Crippen molar-refractivity contribution in [3.8, 4) is 0 Å². The summed E-state index contributed by atoms with van der Waals surface area (Å²) in [6.07, 6.45) is 2.07. The quantitative estimate of drug-likeness (QED) is 0.509. The number of hydrogen-bond acceptors (Lipinski definition) is 4. The minimum atomic E-state index is 0.238. The lowest BCUT2D eigenvalue weighted by Gasteiger charge is -2.12. The zero-order valence-corrected chi connectivity index (χ0v) is 10.9. The molecule has 0 heterocycles. The summed E-state index contributed by atoms with van der Waals surface area (Å²) in [5, 5.41) is 0. The molecule has 80 valence electrons. The van der Waals surface area contributed by atoms with E-state index < -0.39 is 0 Å².